The number of carbonyl (C=O) groups is 4. The predicted molar refractivity (Wildman–Crippen MR) is 136 cm³/mol. The van der Waals surface area contributed by atoms with Gasteiger partial charge in [-0.05, 0) is 60.6 Å². The lowest BCUT2D eigenvalue weighted by Crippen LogP contribution is -2.47. The zero-order valence-electron chi connectivity index (χ0n) is 20.8. The van der Waals surface area contributed by atoms with Gasteiger partial charge in [0.1, 0.15) is 6.54 Å². The van der Waals surface area contributed by atoms with E-state index in [0.29, 0.717) is 29.2 Å². The number of imide groups is 1. The summed E-state index contributed by atoms with van der Waals surface area (Å²) in [5.41, 5.74) is 0.952. The second-order valence-corrected chi connectivity index (χ2v) is 10.3. The topological polar surface area (TPSA) is 116 Å². The van der Waals surface area contributed by atoms with Crippen LogP contribution in [0.3, 0.4) is 0 Å². The van der Waals surface area contributed by atoms with Gasteiger partial charge >= 0.3 is 12.0 Å². The number of fused-ring (bicyclic) bond motifs is 2. The second kappa shape index (κ2) is 8.66. The van der Waals surface area contributed by atoms with E-state index in [1.807, 2.05) is 37.3 Å². The molecule has 2 aliphatic carbocycles. The summed E-state index contributed by atoms with van der Waals surface area (Å²) >= 11 is 0. The lowest BCUT2D eigenvalue weighted by Gasteiger charge is -2.31. The highest BCUT2D eigenvalue weighted by Crippen LogP contribution is 2.41. The Bertz CT molecular complexity index is 1410. The monoisotopic (exact) mass is 513 g/mol. The summed E-state index contributed by atoms with van der Waals surface area (Å²) in [5.74, 6) is -2.96. The van der Waals surface area contributed by atoms with Gasteiger partial charge in [0, 0.05) is 24.2 Å². The number of hydrogen-bond donors (Lipinski definition) is 2. The Morgan fingerprint density at radius 3 is 2.58 bits per heavy atom. The van der Waals surface area contributed by atoms with Crippen molar-refractivity contribution < 1.29 is 29.0 Å². The van der Waals surface area contributed by atoms with Crippen LogP contribution in [0.4, 0.5) is 4.79 Å². The zero-order chi connectivity index (χ0) is 26.7. The van der Waals surface area contributed by atoms with Crippen LogP contribution in [0.2, 0.25) is 0 Å². The molecule has 3 atom stereocenters. The molecule has 2 unspecified atom stereocenters. The molecule has 2 aliphatic heterocycles. The van der Waals surface area contributed by atoms with Gasteiger partial charge in [0.05, 0.1) is 0 Å². The molecule has 4 aliphatic rings. The smallest absolute Gasteiger partial charge is 0.333 e. The molecule has 1 spiro atoms. The minimum atomic E-state index is -1.89. The highest BCUT2D eigenvalue weighted by Gasteiger charge is 2.54. The second-order valence-electron chi connectivity index (χ2n) is 10.3. The van der Waals surface area contributed by atoms with Crippen molar-refractivity contribution in [1.82, 2.24) is 15.1 Å². The fraction of sp³-hybridized carbons (Fsp3) is 0.310. The van der Waals surface area contributed by atoms with Crippen molar-refractivity contribution in [2.75, 3.05) is 6.54 Å². The van der Waals surface area contributed by atoms with E-state index in [4.69, 9.17) is 4.74 Å². The Morgan fingerprint density at radius 1 is 1.13 bits per heavy atom. The molecule has 0 bridgehead atoms. The molecule has 4 amide bonds. The third kappa shape index (κ3) is 3.90. The number of carbonyl (C=O) groups excluding carboxylic acids is 4. The number of rotatable bonds is 7. The van der Waals surface area contributed by atoms with Gasteiger partial charge in [0.2, 0.25) is 5.91 Å². The van der Waals surface area contributed by atoms with Crippen molar-refractivity contribution in [3.8, 4) is 0 Å². The molecule has 2 N–H and O–H groups in total. The Labute approximate surface area is 219 Å². The average Bonchev–Trinajstić information content (AvgIpc) is 3.56. The van der Waals surface area contributed by atoms with Crippen molar-refractivity contribution in [3.05, 3.63) is 89.0 Å². The Kier molecular flexibility index (Phi) is 5.50. The van der Waals surface area contributed by atoms with E-state index in [1.165, 1.54) is 6.08 Å². The molecule has 0 aromatic heterocycles. The Balaban J connectivity index is 1.23. The Morgan fingerprint density at radius 2 is 1.89 bits per heavy atom. The van der Waals surface area contributed by atoms with Gasteiger partial charge in [-0.3, -0.25) is 14.5 Å². The fourth-order valence-corrected chi connectivity index (χ4v) is 5.48. The van der Waals surface area contributed by atoms with Crippen molar-refractivity contribution >= 4 is 29.9 Å². The van der Waals surface area contributed by atoms with Crippen LogP contribution in [0.5, 0.6) is 0 Å². The molecule has 9 heteroatoms. The van der Waals surface area contributed by atoms with Crippen LogP contribution in [-0.2, 0) is 37.0 Å². The minimum Gasteiger partial charge on any atom is -0.422 e. The number of nitrogens with one attached hydrogen (secondary N) is 1. The highest BCUT2D eigenvalue weighted by molar-refractivity contribution is 6.12. The number of amides is 4. The number of aliphatic hydroxyl groups is 1. The lowest BCUT2D eigenvalue weighted by atomic mass is 9.90. The van der Waals surface area contributed by atoms with E-state index in [9.17, 15) is 24.3 Å². The van der Waals surface area contributed by atoms with E-state index in [2.05, 4.69) is 5.32 Å². The van der Waals surface area contributed by atoms with Gasteiger partial charge in [-0.15, -0.1) is 0 Å². The van der Waals surface area contributed by atoms with Crippen molar-refractivity contribution in [1.29, 1.82) is 0 Å². The number of ether oxygens (including phenoxy) is 1. The standard InChI is InChI=1S/C29H27N3O6/c1-18(20-7-8-20)31(16-19-5-3-2-4-6-19)24(33)17-32-26(35)28(30-27(32)36)13-11-21-15-22(9-10-23(21)28)29(37)14-12-25(34)38-29/h2-6,9-15,18,20,37H,7-8,16-17H2,1H3,(H,30,36)/t18-,28?,29?/m0/s1. The van der Waals surface area contributed by atoms with Crippen LogP contribution in [0.1, 0.15) is 42.0 Å². The maximum Gasteiger partial charge on any atom is 0.333 e. The summed E-state index contributed by atoms with van der Waals surface area (Å²) in [6.07, 6.45) is 7.76. The molecule has 6 rings (SSSR count). The summed E-state index contributed by atoms with van der Waals surface area (Å²) in [6.45, 7) is 2.06. The third-order valence-electron chi connectivity index (χ3n) is 7.84. The first-order valence-electron chi connectivity index (χ1n) is 12.7. The SMILES string of the molecule is C[C@@H](C1CC1)N(Cc1ccccc1)C(=O)CN1C(=O)NC2(C=Cc3cc(C4(O)C=CC(=O)O4)ccc32)C1=O. The van der Waals surface area contributed by atoms with Crippen LogP contribution in [-0.4, -0.2) is 51.3 Å². The molecule has 2 aromatic carbocycles. The predicted octanol–water partition coefficient (Wildman–Crippen LogP) is 2.55. The summed E-state index contributed by atoms with van der Waals surface area (Å²) in [4.78, 5) is 54.5. The molecule has 1 saturated heterocycles. The van der Waals surface area contributed by atoms with Crippen LogP contribution in [0.25, 0.3) is 6.08 Å². The maximum atomic E-state index is 13.7. The Hall–Kier alpha value is -4.24. The molecule has 194 valence electrons. The number of cyclic esters (lactones) is 1. The number of urea groups is 1. The normalized spacial score (nSPS) is 26.1. The van der Waals surface area contributed by atoms with Gasteiger partial charge in [0.15, 0.2) is 5.54 Å². The molecule has 9 nitrogen and oxygen atoms in total. The van der Waals surface area contributed by atoms with Crippen LogP contribution >= 0.6 is 0 Å². The number of hydrogen-bond acceptors (Lipinski definition) is 6. The minimum absolute atomic E-state index is 0.00695. The number of esters is 1. The van der Waals surface area contributed by atoms with Crippen LogP contribution in [0.15, 0.2) is 66.8 Å². The van der Waals surface area contributed by atoms with Crippen LogP contribution < -0.4 is 5.32 Å². The van der Waals surface area contributed by atoms with Gasteiger partial charge in [-0.25, -0.2) is 9.59 Å². The first kappa shape index (κ1) is 24.1. The summed E-state index contributed by atoms with van der Waals surface area (Å²) in [7, 11) is 0. The van der Waals surface area contributed by atoms with Gasteiger partial charge in [-0.2, -0.15) is 0 Å². The van der Waals surface area contributed by atoms with E-state index in [1.54, 1.807) is 35.3 Å². The van der Waals surface area contributed by atoms with Gasteiger partial charge in [0.25, 0.3) is 11.7 Å². The van der Waals surface area contributed by atoms with Crippen molar-refractivity contribution in [2.45, 2.75) is 43.7 Å². The highest BCUT2D eigenvalue weighted by atomic mass is 16.7. The molecule has 2 aromatic rings. The van der Waals surface area contributed by atoms with Gasteiger partial charge < -0.3 is 20.1 Å². The zero-order valence-corrected chi connectivity index (χ0v) is 20.8. The summed E-state index contributed by atoms with van der Waals surface area (Å²) < 4.78 is 5.01. The fourth-order valence-electron chi connectivity index (χ4n) is 5.48. The first-order chi connectivity index (χ1) is 18.2. The average molecular weight is 514 g/mol. The molecular formula is C29H27N3O6. The first-order valence-corrected chi connectivity index (χ1v) is 12.7. The van der Waals surface area contributed by atoms with Crippen molar-refractivity contribution in [2.24, 2.45) is 5.92 Å². The van der Waals surface area contributed by atoms with E-state index >= 15 is 0 Å². The molecule has 1 saturated carbocycles. The third-order valence-corrected chi connectivity index (χ3v) is 7.84. The van der Waals surface area contributed by atoms with E-state index in [0.717, 1.165) is 29.4 Å². The number of nitrogens with zero attached hydrogens (tertiary/aromatic N) is 2. The molecule has 2 heterocycles. The summed E-state index contributed by atoms with van der Waals surface area (Å²) in [6, 6.07) is 13.8. The maximum absolute atomic E-state index is 13.7. The lowest BCUT2D eigenvalue weighted by molar-refractivity contribution is -0.181. The number of benzene rings is 2. The molecule has 2 fully saturated rings. The largest absolute Gasteiger partial charge is 0.422 e. The van der Waals surface area contributed by atoms with Crippen LogP contribution in [0, 0.1) is 5.92 Å². The van der Waals surface area contributed by atoms with E-state index in [-0.39, 0.29) is 18.5 Å². The van der Waals surface area contributed by atoms with E-state index < -0.39 is 29.2 Å². The molecule has 38 heavy (non-hydrogen) atoms. The molecule has 0 radical (unpaired) electrons. The summed E-state index contributed by atoms with van der Waals surface area (Å²) in [5, 5.41) is 13.4. The van der Waals surface area contributed by atoms with Gasteiger partial charge in [-0.1, -0.05) is 48.5 Å². The van der Waals surface area contributed by atoms with Crippen molar-refractivity contribution in [3.63, 3.8) is 0 Å². The molecular weight excluding hydrogens is 486 g/mol. The quantitative estimate of drug-likeness (QED) is 0.434.